The highest BCUT2D eigenvalue weighted by molar-refractivity contribution is 7.15. The molecule has 3 aromatic rings. The van der Waals surface area contributed by atoms with Crippen molar-refractivity contribution in [3.8, 4) is 11.5 Å². The molecular weight excluding hydrogens is 486 g/mol. The van der Waals surface area contributed by atoms with E-state index in [0.29, 0.717) is 26.4 Å². The molecule has 0 radical (unpaired) electrons. The van der Waals surface area contributed by atoms with Gasteiger partial charge in [0.15, 0.2) is 5.13 Å². The Bertz CT molecular complexity index is 1080. The molecule has 7 nitrogen and oxygen atoms in total. The van der Waals surface area contributed by atoms with Gasteiger partial charge in [0.05, 0.1) is 46.3 Å². The number of nitrogens with zero attached hydrogens (tertiary/aromatic N) is 2. The summed E-state index contributed by atoms with van der Waals surface area (Å²) in [5.41, 5.74) is 3.29. The van der Waals surface area contributed by atoms with E-state index in [0.717, 1.165) is 47.5 Å². The zero-order valence-corrected chi connectivity index (χ0v) is 22.9. The number of hydrogen-bond donors (Lipinski definition) is 1. The predicted octanol–water partition coefficient (Wildman–Crippen LogP) is 5.38. The molecule has 1 aromatic heterocycles. The van der Waals surface area contributed by atoms with Crippen LogP contribution in [0.15, 0.2) is 48.5 Å². The van der Waals surface area contributed by atoms with E-state index in [4.69, 9.17) is 23.9 Å². The van der Waals surface area contributed by atoms with E-state index in [9.17, 15) is 0 Å². The number of likely N-dealkylation sites (tertiary alicyclic amines) is 1. The lowest BCUT2D eigenvalue weighted by molar-refractivity contribution is 0.0298. The molecule has 0 amide bonds. The van der Waals surface area contributed by atoms with Gasteiger partial charge in [-0.15, -0.1) is 11.3 Å². The summed E-state index contributed by atoms with van der Waals surface area (Å²) < 4.78 is 22.5. The van der Waals surface area contributed by atoms with Gasteiger partial charge in [-0.05, 0) is 61.3 Å². The highest BCUT2D eigenvalue weighted by Crippen LogP contribution is 2.28. The van der Waals surface area contributed by atoms with Crippen molar-refractivity contribution >= 4 is 16.5 Å². The summed E-state index contributed by atoms with van der Waals surface area (Å²) in [5, 5.41) is 4.36. The third kappa shape index (κ3) is 9.00. The van der Waals surface area contributed by atoms with Crippen LogP contribution < -0.4 is 14.8 Å². The number of thiazole rings is 1. The van der Waals surface area contributed by atoms with Crippen molar-refractivity contribution in [2.75, 3.05) is 59.0 Å². The molecule has 0 atom stereocenters. The molecule has 0 spiro atoms. The number of rotatable bonds is 15. The monoisotopic (exact) mass is 525 g/mol. The maximum atomic E-state index is 5.98. The second kappa shape index (κ2) is 14.9. The molecule has 2 heterocycles. The third-order valence-corrected chi connectivity index (χ3v) is 7.52. The van der Waals surface area contributed by atoms with Crippen LogP contribution in [0.3, 0.4) is 0 Å². The molecule has 1 N–H and O–H groups in total. The molecule has 0 aliphatic carbocycles. The summed E-state index contributed by atoms with van der Waals surface area (Å²) in [4.78, 5) is 8.55. The van der Waals surface area contributed by atoms with Crippen LogP contribution >= 0.6 is 11.3 Å². The molecule has 2 aromatic carbocycles. The molecule has 0 saturated carbocycles. The van der Waals surface area contributed by atoms with E-state index in [1.165, 1.54) is 42.8 Å². The minimum absolute atomic E-state index is 0.464. The highest BCUT2D eigenvalue weighted by atomic mass is 32.1. The summed E-state index contributed by atoms with van der Waals surface area (Å²) in [6.07, 6.45) is 4.76. The van der Waals surface area contributed by atoms with Crippen molar-refractivity contribution in [3.05, 3.63) is 70.2 Å². The average molecular weight is 526 g/mol. The van der Waals surface area contributed by atoms with E-state index in [1.807, 2.05) is 30.3 Å². The lowest BCUT2D eigenvalue weighted by Gasteiger charge is -2.26. The van der Waals surface area contributed by atoms with Crippen molar-refractivity contribution in [3.63, 3.8) is 0 Å². The van der Waals surface area contributed by atoms with E-state index >= 15 is 0 Å². The van der Waals surface area contributed by atoms with Gasteiger partial charge in [0, 0.05) is 24.4 Å². The zero-order chi connectivity index (χ0) is 25.7. The van der Waals surface area contributed by atoms with Gasteiger partial charge in [-0.3, -0.25) is 0 Å². The normalized spacial score (nSPS) is 14.0. The average Bonchev–Trinajstić information content (AvgIpc) is 3.33. The van der Waals surface area contributed by atoms with Crippen LogP contribution in [-0.4, -0.2) is 63.6 Å². The minimum atomic E-state index is 0.464. The second-order valence-corrected chi connectivity index (χ2v) is 10.3. The Morgan fingerprint density at radius 1 is 0.865 bits per heavy atom. The molecule has 8 heteroatoms. The fourth-order valence-corrected chi connectivity index (χ4v) is 5.40. The SMILES string of the molecule is COc1cccc(CNc2nc(COCCOCCN3CCCCC3)c(Cc3cccc(OC)c3)s2)c1. The maximum absolute atomic E-state index is 5.98. The van der Waals surface area contributed by atoms with Gasteiger partial charge in [-0.2, -0.15) is 0 Å². The van der Waals surface area contributed by atoms with E-state index in [2.05, 4.69) is 28.4 Å². The molecule has 0 unspecified atom stereocenters. The molecule has 1 aliphatic rings. The molecule has 4 rings (SSSR count). The zero-order valence-electron chi connectivity index (χ0n) is 22.0. The first kappa shape index (κ1) is 27.4. The van der Waals surface area contributed by atoms with Crippen molar-refractivity contribution < 1.29 is 18.9 Å². The number of piperidine rings is 1. The maximum Gasteiger partial charge on any atom is 0.183 e. The van der Waals surface area contributed by atoms with E-state index in [-0.39, 0.29) is 0 Å². The smallest absolute Gasteiger partial charge is 0.183 e. The van der Waals surface area contributed by atoms with Gasteiger partial charge < -0.3 is 29.2 Å². The number of anilines is 1. The van der Waals surface area contributed by atoms with Crippen LogP contribution in [0.1, 0.15) is 41.0 Å². The van der Waals surface area contributed by atoms with Crippen molar-refractivity contribution in [2.24, 2.45) is 0 Å². The van der Waals surface area contributed by atoms with Gasteiger partial charge >= 0.3 is 0 Å². The fraction of sp³-hybridized carbons (Fsp3) is 0.483. The molecular formula is C29H39N3O4S. The topological polar surface area (TPSA) is 65.1 Å². The Labute approximate surface area is 224 Å². The van der Waals surface area contributed by atoms with Gasteiger partial charge in [0.1, 0.15) is 11.5 Å². The van der Waals surface area contributed by atoms with E-state index < -0.39 is 0 Å². The van der Waals surface area contributed by atoms with Crippen molar-refractivity contribution in [1.82, 2.24) is 9.88 Å². The Balaban J connectivity index is 1.31. The molecule has 0 bridgehead atoms. The first-order valence-electron chi connectivity index (χ1n) is 13.1. The number of aromatic nitrogens is 1. The van der Waals surface area contributed by atoms with E-state index in [1.54, 1.807) is 25.6 Å². The van der Waals surface area contributed by atoms with Crippen molar-refractivity contribution in [2.45, 2.75) is 38.8 Å². The standard InChI is InChI=1S/C29H39N3O4S/c1-33-25-10-6-8-23(18-25)20-28-27(22-36-17-16-35-15-14-32-12-4-3-5-13-32)31-29(37-28)30-21-24-9-7-11-26(19-24)34-2/h6-11,18-19H,3-5,12-17,20-22H2,1-2H3,(H,30,31). The summed E-state index contributed by atoms with van der Waals surface area (Å²) in [6.45, 7) is 6.48. The Kier molecular flexibility index (Phi) is 11.1. The quantitative estimate of drug-likeness (QED) is 0.267. The Morgan fingerprint density at radius 3 is 2.32 bits per heavy atom. The minimum Gasteiger partial charge on any atom is -0.497 e. The number of nitrogens with one attached hydrogen (secondary N) is 1. The number of methoxy groups -OCH3 is 2. The van der Waals surface area contributed by atoms with Crippen LogP contribution in [0.5, 0.6) is 11.5 Å². The molecule has 37 heavy (non-hydrogen) atoms. The van der Waals surface area contributed by atoms with Crippen molar-refractivity contribution in [1.29, 1.82) is 0 Å². The molecule has 1 saturated heterocycles. The fourth-order valence-electron chi connectivity index (χ4n) is 4.40. The number of benzene rings is 2. The first-order valence-corrected chi connectivity index (χ1v) is 13.9. The first-order chi connectivity index (χ1) is 18.2. The largest absolute Gasteiger partial charge is 0.497 e. The summed E-state index contributed by atoms with van der Waals surface area (Å²) in [5.74, 6) is 1.71. The van der Waals surface area contributed by atoms with Gasteiger partial charge in [0.2, 0.25) is 0 Å². The lowest BCUT2D eigenvalue weighted by Crippen LogP contribution is -2.32. The molecule has 1 aliphatic heterocycles. The van der Waals surface area contributed by atoms with Crippen LogP contribution in [0, 0.1) is 0 Å². The van der Waals surface area contributed by atoms with Gasteiger partial charge in [0.25, 0.3) is 0 Å². The summed E-state index contributed by atoms with van der Waals surface area (Å²) in [6, 6.07) is 16.2. The third-order valence-electron chi connectivity index (χ3n) is 6.47. The summed E-state index contributed by atoms with van der Waals surface area (Å²) in [7, 11) is 3.38. The predicted molar refractivity (Wildman–Crippen MR) is 149 cm³/mol. The van der Waals surface area contributed by atoms with Crippen LogP contribution in [0.4, 0.5) is 5.13 Å². The second-order valence-electron chi connectivity index (χ2n) is 9.19. The van der Waals surface area contributed by atoms with Crippen LogP contribution in [0.25, 0.3) is 0 Å². The van der Waals surface area contributed by atoms with Gasteiger partial charge in [-0.25, -0.2) is 4.98 Å². The number of hydrogen-bond acceptors (Lipinski definition) is 8. The molecule has 200 valence electrons. The van der Waals surface area contributed by atoms with Crippen LogP contribution in [0.2, 0.25) is 0 Å². The Hall–Kier alpha value is -2.65. The highest BCUT2D eigenvalue weighted by Gasteiger charge is 2.13. The number of ether oxygens (including phenoxy) is 4. The van der Waals surface area contributed by atoms with Crippen LogP contribution in [-0.2, 0) is 29.0 Å². The Morgan fingerprint density at radius 2 is 1.57 bits per heavy atom. The molecule has 1 fully saturated rings. The summed E-state index contributed by atoms with van der Waals surface area (Å²) >= 11 is 1.67. The van der Waals surface area contributed by atoms with Gasteiger partial charge in [-0.1, -0.05) is 30.7 Å². The lowest BCUT2D eigenvalue weighted by atomic mass is 10.1.